The molecule has 1 saturated carbocycles. The number of imidazole rings is 1. The number of aromatic nitrogens is 4. The normalized spacial score (nSPS) is 22.3. The molecular weight excluding hydrogens is 481 g/mol. The fourth-order valence-electron chi connectivity index (χ4n) is 5.72. The van der Waals surface area contributed by atoms with Crippen molar-refractivity contribution in [2.24, 2.45) is 0 Å². The zero-order valence-corrected chi connectivity index (χ0v) is 21.1. The van der Waals surface area contributed by atoms with E-state index in [0.717, 1.165) is 51.1 Å². The van der Waals surface area contributed by atoms with Crippen molar-refractivity contribution in [3.63, 3.8) is 0 Å². The van der Waals surface area contributed by atoms with Crippen LogP contribution in [0.15, 0.2) is 54.9 Å². The molecule has 0 spiro atoms. The molecule has 38 heavy (non-hydrogen) atoms. The zero-order valence-electron chi connectivity index (χ0n) is 21.1. The molecule has 3 N–H and O–H groups in total. The van der Waals surface area contributed by atoms with E-state index < -0.39 is 5.82 Å². The molecule has 0 amide bonds. The standard InChI is InChI=1S/C29H30FN7O/c1-2-20-17-36(15-14-32-20)21-10-8-19(9-11-21)29-35-26(27-28(31)33-18-34-37(27)29)24-13-12-23(16-25(24)30)38-22-6-4-3-5-7-22/h1,3-7,12-13,16,18-21,32H,8-11,14-15,17H2,(H2,31,33,34)/t19?,20-,21?/m0/s1. The summed E-state index contributed by atoms with van der Waals surface area (Å²) in [6.45, 7) is 2.81. The number of para-hydroxylation sites is 1. The predicted octanol–water partition coefficient (Wildman–Crippen LogP) is 4.24. The molecular formula is C29H30FN7O. The van der Waals surface area contributed by atoms with Gasteiger partial charge in [-0.15, -0.1) is 6.42 Å². The van der Waals surface area contributed by atoms with Crippen molar-refractivity contribution in [3.8, 4) is 35.1 Å². The van der Waals surface area contributed by atoms with Crippen LogP contribution in [-0.4, -0.2) is 56.2 Å². The summed E-state index contributed by atoms with van der Waals surface area (Å²) < 4.78 is 23.0. The third-order valence-corrected chi connectivity index (χ3v) is 7.65. The average molecular weight is 512 g/mol. The average Bonchev–Trinajstić information content (AvgIpc) is 3.34. The molecule has 1 aliphatic carbocycles. The van der Waals surface area contributed by atoms with Crippen LogP contribution in [0, 0.1) is 18.2 Å². The maximum Gasteiger partial charge on any atom is 0.153 e. The van der Waals surface area contributed by atoms with Crippen LogP contribution in [-0.2, 0) is 0 Å². The second kappa shape index (κ2) is 10.4. The van der Waals surface area contributed by atoms with E-state index in [4.69, 9.17) is 21.9 Å². The van der Waals surface area contributed by atoms with E-state index in [1.807, 2.05) is 30.3 Å². The largest absolute Gasteiger partial charge is 0.457 e. The van der Waals surface area contributed by atoms with Crippen molar-refractivity contribution in [1.29, 1.82) is 0 Å². The van der Waals surface area contributed by atoms with Gasteiger partial charge in [-0.05, 0) is 49.9 Å². The lowest BCUT2D eigenvalue weighted by Gasteiger charge is -2.40. The van der Waals surface area contributed by atoms with Gasteiger partial charge in [0.05, 0.1) is 6.04 Å². The number of hydrogen-bond acceptors (Lipinski definition) is 7. The van der Waals surface area contributed by atoms with E-state index in [1.165, 1.54) is 12.4 Å². The fraction of sp³-hybridized carbons (Fsp3) is 0.345. The number of nitrogens with one attached hydrogen (secondary N) is 1. The summed E-state index contributed by atoms with van der Waals surface area (Å²) in [7, 11) is 0. The Bertz CT molecular complexity index is 1470. The lowest BCUT2D eigenvalue weighted by Crippen LogP contribution is -2.54. The molecule has 2 aliphatic rings. The van der Waals surface area contributed by atoms with E-state index in [1.54, 1.807) is 16.6 Å². The molecule has 2 aromatic heterocycles. The smallest absolute Gasteiger partial charge is 0.153 e. The van der Waals surface area contributed by atoms with Gasteiger partial charge in [0.2, 0.25) is 0 Å². The van der Waals surface area contributed by atoms with Gasteiger partial charge in [-0.25, -0.2) is 18.9 Å². The van der Waals surface area contributed by atoms with Crippen LogP contribution in [0.25, 0.3) is 16.8 Å². The summed E-state index contributed by atoms with van der Waals surface area (Å²) in [6, 6.07) is 14.7. The van der Waals surface area contributed by atoms with Crippen LogP contribution in [0.1, 0.15) is 37.4 Å². The molecule has 1 aliphatic heterocycles. The minimum absolute atomic E-state index is 0.110. The fourth-order valence-corrected chi connectivity index (χ4v) is 5.72. The zero-order chi connectivity index (χ0) is 26.1. The summed E-state index contributed by atoms with van der Waals surface area (Å²) in [5.41, 5.74) is 7.59. The Morgan fingerprint density at radius 1 is 1.08 bits per heavy atom. The van der Waals surface area contributed by atoms with E-state index in [0.29, 0.717) is 34.3 Å². The van der Waals surface area contributed by atoms with Gasteiger partial charge < -0.3 is 15.8 Å². The van der Waals surface area contributed by atoms with Crippen LogP contribution in [0.3, 0.4) is 0 Å². The van der Waals surface area contributed by atoms with Crippen molar-refractivity contribution in [3.05, 3.63) is 66.5 Å². The van der Waals surface area contributed by atoms with Crippen LogP contribution in [0.4, 0.5) is 10.2 Å². The highest BCUT2D eigenvalue weighted by Crippen LogP contribution is 2.39. The van der Waals surface area contributed by atoms with Crippen molar-refractivity contribution >= 4 is 11.3 Å². The molecule has 1 saturated heterocycles. The van der Waals surface area contributed by atoms with Gasteiger partial charge in [0, 0.05) is 43.2 Å². The molecule has 0 radical (unpaired) electrons. The summed E-state index contributed by atoms with van der Waals surface area (Å²) in [5.74, 6) is 4.70. The van der Waals surface area contributed by atoms with Crippen molar-refractivity contribution in [2.45, 2.75) is 43.7 Å². The van der Waals surface area contributed by atoms with Gasteiger partial charge in [0.25, 0.3) is 0 Å². The highest BCUT2D eigenvalue weighted by Gasteiger charge is 2.32. The number of piperazine rings is 1. The molecule has 6 rings (SSSR count). The van der Waals surface area contributed by atoms with Crippen molar-refractivity contribution in [2.75, 3.05) is 25.4 Å². The number of anilines is 1. The Labute approximate surface area is 221 Å². The number of rotatable bonds is 5. The van der Waals surface area contributed by atoms with Gasteiger partial charge >= 0.3 is 0 Å². The van der Waals surface area contributed by atoms with Gasteiger partial charge in [0.15, 0.2) is 5.82 Å². The summed E-state index contributed by atoms with van der Waals surface area (Å²) >= 11 is 0. The second-order valence-electron chi connectivity index (χ2n) is 9.95. The summed E-state index contributed by atoms with van der Waals surface area (Å²) in [4.78, 5) is 11.6. The molecule has 194 valence electrons. The topological polar surface area (TPSA) is 93.6 Å². The molecule has 4 aromatic rings. The van der Waals surface area contributed by atoms with E-state index in [9.17, 15) is 0 Å². The highest BCUT2D eigenvalue weighted by atomic mass is 19.1. The minimum Gasteiger partial charge on any atom is -0.457 e. The molecule has 1 atom stereocenters. The first-order chi connectivity index (χ1) is 18.6. The number of nitrogen functional groups attached to an aromatic ring is 1. The quantitative estimate of drug-likeness (QED) is 0.387. The molecule has 0 unspecified atom stereocenters. The Kier molecular flexibility index (Phi) is 6.66. The van der Waals surface area contributed by atoms with Crippen LogP contribution >= 0.6 is 0 Å². The summed E-state index contributed by atoms with van der Waals surface area (Å²) in [6.07, 6.45) is 11.1. The molecule has 8 nitrogen and oxygen atoms in total. The first-order valence-electron chi connectivity index (χ1n) is 13.1. The van der Waals surface area contributed by atoms with Crippen molar-refractivity contribution in [1.82, 2.24) is 29.8 Å². The third-order valence-electron chi connectivity index (χ3n) is 7.65. The van der Waals surface area contributed by atoms with Crippen LogP contribution in [0.2, 0.25) is 0 Å². The van der Waals surface area contributed by atoms with Crippen molar-refractivity contribution < 1.29 is 9.13 Å². The number of ether oxygens (including phenoxy) is 1. The van der Waals surface area contributed by atoms with E-state index >= 15 is 4.39 Å². The van der Waals surface area contributed by atoms with Gasteiger partial charge in [-0.2, -0.15) is 5.10 Å². The molecule has 0 bridgehead atoms. The lowest BCUT2D eigenvalue weighted by molar-refractivity contribution is 0.121. The monoisotopic (exact) mass is 511 g/mol. The Morgan fingerprint density at radius 3 is 2.66 bits per heavy atom. The number of nitrogens with two attached hydrogens (primary N) is 1. The SMILES string of the molecule is C#C[C@H]1CN(C2CCC(c3nc(-c4ccc(Oc5ccccc5)cc4F)c4c(N)ncnn34)CC2)CCN1. The Balaban J connectivity index is 1.26. The first kappa shape index (κ1) is 24.3. The van der Waals surface area contributed by atoms with Crippen LogP contribution < -0.4 is 15.8 Å². The van der Waals surface area contributed by atoms with Gasteiger partial charge in [0.1, 0.15) is 40.7 Å². The first-order valence-corrected chi connectivity index (χ1v) is 13.1. The molecule has 9 heteroatoms. The van der Waals surface area contributed by atoms with E-state index in [-0.39, 0.29) is 17.8 Å². The lowest BCUT2D eigenvalue weighted by atomic mass is 9.84. The number of nitrogens with zero attached hydrogens (tertiary/aromatic N) is 5. The molecule has 3 heterocycles. The number of hydrogen-bond donors (Lipinski definition) is 2. The predicted molar refractivity (Wildman–Crippen MR) is 144 cm³/mol. The van der Waals surface area contributed by atoms with E-state index in [2.05, 4.69) is 26.2 Å². The van der Waals surface area contributed by atoms with Gasteiger partial charge in [-0.1, -0.05) is 24.1 Å². The maximum atomic E-state index is 15.4. The van der Waals surface area contributed by atoms with Gasteiger partial charge in [-0.3, -0.25) is 4.90 Å². The van der Waals surface area contributed by atoms with Crippen LogP contribution in [0.5, 0.6) is 11.5 Å². The molecule has 2 aromatic carbocycles. The Morgan fingerprint density at radius 2 is 1.89 bits per heavy atom. The minimum atomic E-state index is -0.446. The highest BCUT2D eigenvalue weighted by molar-refractivity contribution is 5.85. The summed E-state index contributed by atoms with van der Waals surface area (Å²) in [5, 5.41) is 7.85. The second-order valence-corrected chi connectivity index (χ2v) is 9.95. The number of fused-ring (bicyclic) bond motifs is 1. The third kappa shape index (κ3) is 4.69. The number of terminal acetylenes is 1. The number of benzene rings is 2. The maximum absolute atomic E-state index is 15.4. The Hall–Kier alpha value is -4.00. The number of halogens is 1. The molecule has 2 fully saturated rings.